The molecular weight excluding hydrogens is 525 g/mol. The first-order valence-corrected chi connectivity index (χ1v) is 14.2. The molecule has 3 N–H and O–H groups in total. The van der Waals surface area contributed by atoms with Gasteiger partial charge in [-0.1, -0.05) is 95.1 Å². The SMILES string of the molecule is CCCCCCCCCCc1ccc(-c2noc(C3CCN(C(=O)C(N)C(C)C)C3)n2)cc1.O=C(O)C(F)(F)F. The van der Waals surface area contributed by atoms with Crippen LogP contribution in [0.4, 0.5) is 13.2 Å². The van der Waals surface area contributed by atoms with Gasteiger partial charge in [-0.2, -0.15) is 18.2 Å². The molecule has 0 aliphatic carbocycles. The molecule has 1 aromatic carbocycles. The van der Waals surface area contributed by atoms with Crippen molar-refractivity contribution < 1.29 is 32.4 Å². The van der Waals surface area contributed by atoms with Crippen molar-refractivity contribution in [1.82, 2.24) is 15.0 Å². The number of nitrogens with zero attached hydrogens (tertiary/aromatic N) is 3. The minimum atomic E-state index is -5.08. The van der Waals surface area contributed by atoms with Crippen LogP contribution in [0.5, 0.6) is 0 Å². The number of aliphatic carboxylic acids is 1. The smallest absolute Gasteiger partial charge is 0.475 e. The molecule has 3 rings (SSSR count). The number of halogens is 3. The predicted molar refractivity (Wildman–Crippen MR) is 146 cm³/mol. The fourth-order valence-corrected chi connectivity index (χ4v) is 4.46. The average Bonchev–Trinajstić information content (AvgIpc) is 3.60. The monoisotopic (exact) mass is 568 g/mol. The van der Waals surface area contributed by atoms with E-state index in [2.05, 4.69) is 41.3 Å². The number of carbonyl (C=O) groups excluding carboxylic acids is 1. The van der Waals surface area contributed by atoms with E-state index in [4.69, 9.17) is 20.2 Å². The molecule has 11 heteroatoms. The van der Waals surface area contributed by atoms with Crippen LogP contribution in [-0.4, -0.2) is 57.3 Å². The maximum Gasteiger partial charge on any atom is 0.490 e. The van der Waals surface area contributed by atoms with E-state index < -0.39 is 18.2 Å². The van der Waals surface area contributed by atoms with Crippen molar-refractivity contribution in [3.8, 4) is 11.4 Å². The fourth-order valence-electron chi connectivity index (χ4n) is 4.46. The first-order chi connectivity index (χ1) is 18.9. The van der Waals surface area contributed by atoms with Crippen LogP contribution in [0.25, 0.3) is 11.4 Å². The number of aromatic nitrogens is 2. The Morgan fingerprint density at radius 3 is 2.20 bits per heavy atom. The summed E-state index contributed by atoms with van der Waals surface area (Å²) in [6, 6.07) is 8.07. The zero-order valence-corrected chi connectivity index (χ0v) is 23.8. The Morgan fingerprint density at radius 2 is 1.65 bits per heavy atom. The first-order valence-electron chi connectivity index (χ1n) is 14.2. The van der Waals surface area contributed by atoms with E-state index in [9.17, 15) is 18.0 Å². The molecule has 2 unspecified atom stereocenters. The lowest BCUT2D eigenvalue weighted by Crippen LogP contribution is -2.45. The van der Waals surface area contributed by atoms with E-state index >= 15 is 0 Å². The van der Waals surface area contributed by atoms with Crippen molar-refractivity contribution in [3.05, 3.63) is 35.7 Å². The molecule has 2 heterocycles. The molecule has 0 radical (unpaired) electrons. The molecule has 0 bridgehead atoms. The zero-order valence-electron chi connectivity index (χ0n) is 23.8. The quantitative estimate of drug-likeness (QED) is 0.270. The van der Waals surface area contributed by atoms with E-state index in [0.29, 0.717) is 24.8 Å². The number of carbonyl (C=O) groups is 2. The molecule has 0 spiro atoms. The van der Waals surface area contributed by atoms with Crippen LogP contribution in [-0.2, 0) is 16.0 Å². The van der Waals surface area contributed by atoms with Crippen molar-refractivity contribution in [3.63, 3.8) is 0 Å². The third kappa shape index (κ3) is 10.9. The number of aryl methyl sites for hydroxylation is 1. The standard InChI is InChI=1S/C27H42N4O2.C2HF3O2/c1-4-5-6-7-8-9-10-11-12-21-13-15-22(16-14-21)25-29-26(33-30-25)23-17-18-31(19-23)27(32)24(28)20(2)3;3-2(4,5)1(6)7/h13-16,20,23-24H,4-12,17-19,28H2,1-3H3;(H,6,7). The van der Waals surface area contributed by atoms with Gasteiger partial charge in [-0.25, -0.2) is 4.79 Å². The summed E-state index contributed by atoms with van der Waals surface area (Å²) in [5.41, 5.74) is 8.37. The number of alkyl halides is 3. The largest absolute Gasteiger partial charge is 0.490 e. The number of amides is 1. The summed E-state index contributed by atoms with van der Waals surface area (Å²) >= 11 is 0. The highest BCUT2D eigenvalue weighted by atomic mass is 19.4. The number of nitrogens with two attached hydrogens (primary N) is 1. The number of carboxylic acid groups (broad SMARTS) is 1. The predicted octanol–water partition coefficient (Wildman–Crippen LogP) is 6.35. The van der Waals surface area contributed by atoms with Gasteiger partial charge in [0.15, 0.2) is 0 Å². The third-order valence-electron chi connectivity index (χ3n) is 7.07. The lowest BCUT2D eigenvalue weighted by Gasteiger charge is -2.22. The van der Waals surface area contributed by atoms with Crippen LogP contribution in [0.1, 0.15) is 95.9 Å². The Bertz CT molecular complexity index is 1040. The molecule has 2 aromatic rings. The van der Waals surface area contributed by atoms with Gasteiger partial charge in [0.25, 0.3) is 0 Å². The highest BCUT2D eigenvalue weighted by Crippen LogP contribution is 2.28. The Morgan fingerprint density at radius 1 is 1.07 bits per heavy atom. The molecule has 40 heavy (non-hydrogen) atoms. The molecule has 1 aliphatic rings. The van der Waals surface area contributed by atoms with Gasteiger partial charge < -0.3 is 20.3 Å². The molecule has 1 aliphatic heterocycles. The first kappa shape index (κ1) is 33.3. The van der Waals surface area contributed by atoms with E-state index in [0.717, 1.165) is 18.4 Å². The fraction of sp³-hybridized carbons (Fsp3) is 0.655. The summed E-state index contributed by atoms with van der Waals surface area (Å²) in [5.74, 6) is -1.30. The van der Waals surface area contributed by atoms with Gasteiger partial charge in [-0.3, -0.25) is 4.79 Å². The van der Waals surface area contributed by atoms with E-state index in [-0.39, 0.29) is 17.7 Å². The molecule has 1 fully saturated rings. The third-order valence-corrected chi connectivity index (χ3v) is 7.07. The number of hydrogen-bond acceptors (Lipinski definition) is 6. The molecule has 1 aromatic heterocycles. The van der Waals surface area contributed by atoms with Crippen molar-refractivity contribution in [2.24, 2.45) is 11.7 Å². The molecule has 224 valence electrons. The lowest BCUT2D eigenvalue weighted by molar-refractivity contribution is -0.192. The van der Waals surface area contributed by atoms with Gasteiger partial charge in [-0.15, -0.1) is 0 Å². The van der Waals surface area contributed by atoms with Crippen LogP contribution in [0.15, 0.2) is 28.8 Å². The molecule has 1 amide bonds. The molecule has 8 nitrogen and oxygen atoms in total. The van der Waals surface area contributed by atoms with Crippen molar-refractivity contribution in [2.75, 3.05) is 13.1 Å². The van der Waals surface area contributed by atoms with Gasteiger partial charge in [0.05, 0.1) is 12.0 Å². The topological polar surface area (TPSA) is 123 Å². The van der Waals surface area contributed by atoms with Gasteiger partial charge in [-0.05, 0) is 30.7 Å². The van der Waals surface area contributed by atoms with E-state index in [1.54, 1.807) is 0 Å². The Hall–Kier alpha value is -2.95. The van der Waals surface area contributed by atoms with Crippen LogP contribution in [0, 0.1) is 5.92 Å². The number of unbranched alkanes of at least 4 members (excludes halogenated alkanes) is 7. The Kier molecular flexibility index (Phi) is 13.6. The van der Waals surface area contributed by atoms with Crippen molar-refractivity contribution in [2.45, 2.75) is 103 Å². The summed E-state index contributed by atoms with van der Waals surface area (Å²) in [4.78, 5) is 27.9. The lowest BCUT2D eigenvalue weighted by atomic mass is 10.0. The van der Waals surface area contributed by atoms with Crippen LogP contribution >= 0.6 is 0 Å². The van der Waals surface area contributed by atoms with Crippen LogP contribution in [0.2, 0.25) is 0 Å². The van der Waals surface area contributed by atoms with E-state index in [1.165, 1.54) is 56.9 Å². The maximum atomic E-state index is 12.5. The number of likely N-dealkylation sites (tertiary alicyclic amines) is 1. The normalized spacial score (nSPS) is 16.1. The van der Waals surface area contributed by atoms with E-state index in [1.807, 2.05) is 18.7 Å². The summed E-state index contributed by atoms with van der Waals surface area (Å²) in [6.07, 6.45) is 7.61. The van der Waals surface area contributed by atoms with Crippen LogP contribution in [0.3, 0.4) is 0 Å². The Labute approximate surface area is 234 Å². The summed E-state index contributed by atoms with van der Waals surface area (Å²) < 4.78 is 37.3. The second-order valence-corrected chi connectivity index (χ2v) is 10.7. The number of carboxylic acids is 1. The maximum absolute atomic E-state index is 12.5. The van der Waals surface area contributed by atoms with Gasteiger partial charge in [0.2, 0.25) is 17.6 Å². The Balaban J connectivity index is 0.000000708. The number of rotatable bonds is 13. The summed E-state index contributed by atoms with van der Waals surface area (Å²) in [6.45, 7) is 7.50. The molecule has 0 saturated carbocycles. The second kappa shape index (κ2) is 16.3. The van der Waals surface area contributed by atoms with Crippen molar-refractivity contribution >= 4 is 11.9 Å². The molecule has 2 atom stereocenters. The zero-order chi connectivity index (χ0) is 29.7. The molecular formula is C29H43F3N4O4. The van der Waals surface area contributed by atoms with Gasteiger partial charge in [0.1, 0.15) is 0 Å². The minimum absolute atomic E-state index is 0.0133. The second-order valence-electron chi connectivity index (χ2n) is 10.7. The van der Waals surface area contributed by atoms with Gasteiger partial charge >= 0.3 is 12.1 Å². The summed E-state index contributed by atoms with van der Waals surface area (Å²) in [5, 5.41) is 11.3. The highest BCUT2D eigenvalue weighted by Gasteiger charge is 2.38. The number of hydrogen-bond donors (Lipinski definition) is 2. The highest BCUT2D eigenvalue weighted by molar-refractivity contribution is 5.82. The van der Waals surface area contributed by atoms with Crippen molar-refractivity contribution in [1.29, 1.82) is 0 Å². The minimum Gasteiger partial charge on any atom is -0.475 e. The van der Waals surface area contributed by atoms with Gasteiger partial charge in [0, 0.05) is 18.7 Å². The number of benzene rings is 1. The average molecular weight is 569 g/mol. The molecule has 1 saturated heterocycles. The summed E-state index contributed by atoms with van der Waals surface area (Å²) in [7, 11) is 0. The van der Waals surface area contributed by atoms with Crippen LogP contribution < -0.4 is 5.73 Å².